The number of methoxy groups -OCH3 is 1. The van der Waals surface area contributed by atoms with E-state index in [1.165, 1.54) is 19.2 Å². The highest BCUT2D eigenvalue weighted by Gasteiger charge is 2.28. The molecule has 0 fully saturated rings. The zero-order valence-electron chi connectivity index (χ0n) is 20.3. The Kier molecular flexibility index (Phi) is 9.02. The van der Waals surface area contributed by atoms with Crippen molar-refractivity contribution in [2.75, 3.05) is 13.7 Å². The number of hydrogen-bond acceptors (Lipinski definition) is 5. The van der Waals surface area contributed by atoms with Gasteiger partial charge >= 0.3 is 11.9 Å². The summed E-state index contributed by atoms with van der Waals surface area (Å²) in [5.74, 6) is -3.28. The molecule has 0 aliphatic heterocycles. The number of aromatic nitrogens is 1. The smallest absolute Gasteiger partial charge is 0.341 e. The number of ether oxygens (including phenoxy) is 2. The first-order valence-corrected chi connectivity index (χ1v) is 12.2. The van der Waals surface area contributed by atoms with E-state index in [1.807, 2.05) is 0 Å². The standard InChI is InChI=1S/C26H23Cl3FNO6/c1-5-31-13(3)21(16-9-15(18(28)10-20(16)30)26(35)37-12(2)11-36-4)24(32)22(25(33)34)23(31)14-6-7-17(27)19(29)8-14/h6-10,12H,5,11H2,1-4H3,(H,33,34). The molecule has 7 nitrogen and oxygen atoms in total. The van der Waals surface area contributed by atoms with E-state index in [9.17, 15) is 19.5 Å². The minimum Gasteiger partial charge on any atom is -0.477 e. The number of esters is 1. The summed E-state index contributed by atoms with van der Waals surface area (Å²) in [6, 6.07) is 6.46. The number of pyridine rings is 1. The van der Waals surface area contributed by atoms with Gasteiger partial charge in [-0.05, 0) is 45.0 Å². The number of aromatic carboxylic acids is 1. The SMILES string of the molecule is CCn1c(C)c(-c2cc(C(=O)OC(C)COC)c(Cl)cc2F)c(=O)c(C(=O)O)c1-c1ccc(Cl)c(Cl)c1. The second-order valence-electron chi connectivity index (χ2n) is 8.17. The maximum Gasteiger partial charge on any atom is 0.341 e. The van der Waals surface area contributed by atoms with Gasteiger partial charge in [0.1, 0.15) is 17.5 Å². The first-order valence-electron chi connectivity index (χ1n) is 11.1. The molecule has 0 bridgehead atoms. The lowest BCUT2D eigenvalue weighted by Crippen LogP contribution is -2.26. The molecule has 0 aliphatic rings. The number of carboxylic acids is 1. The van der Waals surface area contributed by atoms with Gasteiger partial charge in [-0.25, -0.2) is 14.0 Å². The Labute approximate surface area is 227 Å². The number of rotatable bonds is 8. The van der Waals surface area contributed by atoms with Gasteiger partial charge in [0.15, 0.2) is 0 Å². The fourth-order valence-corrected chi connectivity index (χ4v) is 4.63. The number of carboxylic acid groups (broad SMARTS) is 1. The van der Waals surface area contributed by atoms with Gasteiger partial charge < -0.3 is 19.1 Å². The predicted octanol–water partition coefficient (Wildman–Crippen LogP) is 6.50. The van der Waals surface area contributed by atoms with Crippen LogP contribution in [0.5, 0.6) is 0 Å². The van der Waals surface area contributed by atoms with Crippen LogP contribution in [0.2, 0.25) is 15.1 Å². The molecular formula is C26H23Cl3FNO6. The van der Waals surface area contributed by atoms with Crippen molar-refractivity contribution in [1.29, 1.82) is 0 Å². The molecule has 1 aromatic heterocycles. The van der Waals surface area contributed by atoms with Gasteiger partial charge in [0.25, 0.3) is 0 Å². The van der Waals surface area contributed by atoms with Gasteiger partial charge in [-0.3, -0.25) is 4.79 Å². The predicted molar refractivity (Wildman–Crippen MR) is 141 cm³/mol. The molecule has 37 heavy (non-hydrogen) atoms. The van der Waals surface area contributed by atoms with Crippen molar-refractivity contribution in [2.45, 2.75) is 33.4 Å². The zero-order valence-corrected chi connectivity index (χ0v) is 22.6. The average molecular weight is 571 g/mol. The van der Waals surface area contributed by atoms with Crippen LogP contribution in [0, 0.1) is 12.7 Å². The molecule has 0 spiro atoms. The molecule has 3 rings (SSSR count). The highest BCUT2D eigenvalue weighted by molar-refractivity contribution is 6.42. The van der Waals surface area contributed by atoms with Crippen molar-refractivity contribution in [1.82, 2.24) is 4.57 Å². The molecule has 0 saturated heterocycles. The third-order valence-corrected chi connectivity index (χ3v) is 6.76. The molecule has 1 unspecified atom stereocenters. The second kappa shape index (κ2) is 11.6. The number of hydrogen-bond donors (Lipinski definition) is 1. The van der Waals surface area contributed by atoms with Crippen LogP contribution in [-0.2, 0) is 16.0 Å². The summed E-state index contributed by atoms with van der Waals surface area (Å²) in [5.41, 5.74) is -1.53. The van der Waals surface area contributed by atoms with Crippen LogP contribution in [0.1, 0.15) is 40.3 Å². The summed E-state index contributed by atoms with van der Waals surface area (Å²) in [6.07, 6.45) is -0.620. The minimum atomic E-state index is -1.52. The molecule has 0 aliphatic carbocycles. The Hall–Kier alpha value is -2.91. The minimum absolute atomic E-state index is 0.0854. The zero-order chi connectivity index (χ0) is 27.6. The fourth-order valence-electron chi connectivity index (χ4n) is 4.10. The van der Waals surface area contributed by atoms with Crippen LogP contribution in [0.3, 0.4) is 0 Å². The van der Waals surface area contributed by atoms with Crippen molar-refractivity contribution in [3.8, 4) is 22.4 Å². The molecule has 2 aromatic carbocycles. The summed E-state index contributed by atoms with van der Waals surface area (Å²) in [7, 11) is 1.44. The third-order valence-electron chi connectivity index (χ3n) is 5.71. The Morgan fingerprint density at radius 3 is 2.35 bits per heavy atom. The average Bonchev–Trinajstić information content (AvgIpc) is 2.81. The number of halogens is 4. The molecule has 1 N–H and O–H groups in total. The summed E-state index contributed by atoms with van der Waals surface area (Å²) in [6.45, 7) is 5.25. The monoisotopic (exact) mass is 569 g/mol. The van der Waals surface area contributed by atoms with Gasteiger partial charge in [0, 0.05) is 30.5 Å². The van der Waals surface area contributed by atoms with E-state index < -0.39 is 34.9 Å². The van der Waals surface area contributed by atoms with Crippen molar-refractivity contribution in [3.63, 3.8) is 0 Å². The lowest BCUT2D eigenvalue weighted by Gasteiger charge is -2.22. The van der Waals surface area contributed by atoms with Gasteiger partial charge in [-0.1, -0.05) is 40.9 Å². The van der Waals surface area contributed by atoms with Gasteiger partial charge in [-0.15, -0.1) is 0 Å². The first kappa shape index (κ1) is 28.7. The van der Waals surface area contributed by atoms with Crippen LogP contribution >= 0.6 is 34.8 Å². The van der Waals surface area contributed by atoms with Gasteiger partial charge in [0.05, 0.1) is 38.5 Å². The van der Waals surface area contributed by atoms with Crippen molar-refractivity contribution in [3.05, 3.63) is 78.3 Å². The summed E-state index contributed by atoms with van der Waals surface area (Å²) < 4.78 is 27.0. The summed E-state index contributed by atoms with van der Waals surface area (Å²) >= 11 is 18.3. The van der Waals surface area contributed by atoms with Crippen LogP contribution in [0.4, 0.5) is 4.39 Å². The van der Waals surface area contributed by atoms with E-state index in [0.29, 0.717) is 5.56 Å². The molecule has 0 radical (unpaired) electrons. The fraction of sp³-hybridized carbons (Fsp3) is 0.269. The van der Waals surface area contributed by atoms with Crippen LogP contribution in [0.25, 0.3) is 22.4 Å². The maximum atomic E-state index is 15.2. The molecular weight excluding hydrogens is 548 g/mol. The molecule has 0 amide bonds. The molecule has 196 valence electrons. The maximum absolute atomic E-state index is 15.2. The molecule has 1 atom stereocenters. The largest absolute Gasteiger partial charge is 0.477 e. The van der Waals surface area contributed by atoms with Crippen LogP contribution in [-0.4, -0.2) is 41.4 Å². The Bertz CT molecular complexity index is 1450. The molecule has 3 aromatic rings. The summed E-state index contributed by atoms with van der Waals surface area (Å²) in [4.78, 5) is 38.7. The van der Waals surface area contributed by atoms with E-state index in [0.717, 1.165) is 12.1 Å². The molecule has 0 saturated carbocycles. The molecule has 1 heterocycles. The van der Waals surface area contributed by atoms with Gasteiger partial charge in [0.2, 0.25) is 5.43 Å². The number of carbonyl (C=O) groups is 2. The van der Waals surface area contributed by atoms with Gasteiger partial charge in [-0.2, -0.15) is 0 Å². The van der Waals surface area contributed by atoms with Crippen LogP contribution in [0.15, 0.2) is 35.1 Å². The van der Waals surface area contributed by atoms with E-state index >= 15 is 4.39 Å². The Morgan fingerprint density at radius 1 is 1.11 bits per heavy atom. The first-order chi connectivity index (χ1) is 17.4. The number of carbonyl (C=O) groups excluding carboxylic acids is 1. The number of benzene rings is 2. The normalized spacial score (nSPS) is 11.9. The Morgan fingerprint density at radius 2 is 1.78 bits per heavy atom. The van der Waals surface area contributed by atoms with Crippen molar-refractivity contribution < 1.29 is 28.6 Å². The van der Waals surface area contributed by atoms with Crippen molar-refractivity contribution in [2.24, 2.45) is 0 Å². The second-order valence-corrected chi connectivity index (χ2v) is 9.40. The van der Waals surface area contributed by atoms with Crippen molar-refractivity contribution >= 4 is 46.7 Å². The van der Waals surface area contributed by atoms with E-state index in [1.54, 1.807) is 31.4 Å². The highest BCUT2D eigenvalue weighted by atomic mass is 35.5. The molecule has 11 heteroatoms. The lowest BCUT2D eigenvalue weighted by molar-refractivity contribution is 0.0120. The highest BCUT2D eigenvalue weighted by Crippen LogP contribution is 2.35. The lowest BCUT2D eigenvalue weighted by atomic mass is 9.95. The van der Waals surface area contributed by atoms with E-state index in [4.69, 9.17) is 44.3 Å². The Balaban J connectivity index is 2.34. The van der Waals surface area contributed by atoms with E-state index in [-0.39, 0.29) is 56.3 Å². The van der Waals surface area contributed by atoms with Crippen LogP contribution < -0.4 is 5.43 Å². The van der Waals surface area contributed by atoms with E-state index in [2.05, 4.69) is 0 Å². The topological polar surface area (TPSA) is 94.8 Å². The summed E-state index contributed by atoms with van der Waals surface area (Å²) in [5, 5.41) is 10.2. The third kappa shape index (κ3) is 5.67. The number of nitrogens with zero attached hydrogens (tertiary/aromatic N) is 1. The quantitative estimate of drug-likeness (QED) is 0.311.